The normalized spacial score (nSPS) is 15.5. The summed E-state index contributed by atoms with van der Waals surface area (Å²) in [5, 5.41) is 22.5. The summed E-state index contributed by atoms with van der Waals surface area (Å²) in [6, 6.07) is 8.80. The van der Waals surface area contributed by atoms with Crippen molar-refractivity contribution in [2.75, 3.05) is 18.0 Å². The third kappa shape index (κ3) is 4.12. The maximum Gasteiger partial charge on any atom is 0.122 e. The van der Waals surface area contributed by atoms with Crippen molar-refractivity contribution in [3.05, 3.63) is 23.8 Å². The molecule has 0 amide bonds. The van der Waals surface area contributed by atoms with Crippen LogP contribution in [0.25, 0.3) is 0 Å². The summed E-state index contributed by atoms with van der Waals surface area (Å²) < 4.78 is 0. The molecule has 1 aliphatic carbocycles. The molecule has 4 heteroatoms. The molecule has 1 aromatic carbocycles. The first-order chi connectivity index (χ1) is 10.2. The van der Waals surface area contributed by atoms with Crippen LogP contribution in [0.15, 0.2) is 18.2 Å². The van der Waals surface area contributed by atoms with Crippen molar-refractivity contribution >= 4 is 5.69 Å². The average molecular weight is 287 g/mol. The topological polar surface area (TPSA) is 59.3 Å². The number of phenols is 1. The van der Waals surface area contributed by atoms with Crippen LogP contribution in [-0.4, -0.2) is 24.2 Å². The highest BCUT2D eigenvalue weighted by Gasteiger charge is 2.29. The zero-order chi connectivity index (χ0) is 15.2. The van der Waals surface area contributed by atoms with E-state index in [1.165, 1.54) is 12.8 Å². The van der Waals surface area contributed by atoms with Crippen molar-refractivity contribution in [1.29, 1.82) is 5.26 Å². The first-order valence-electron chi connectivity index (χ1n) is 7.87. The van der Waals surface area contributed by atoms with Crippen LogP contribution in [0, 0.1) is 11.3 Å². The molecule has 4 nitrogen and oxygen atoms in total. The predicted octanol–water partition coefficient (Wildman–Crippen LogP) is 3.34. The molecule has 0 bridgehead atoms. The number of hydrogen-bond donors (Lipinski definition) is 2. The zero-order valence-electron chi connectivity index (χ0n) is 13.0. The maximum absolute atomic E-state index is 10.3. The molecule has 2 N–H and O–H groups in total. The molecule has 0 aromatic heterocycles. The van der Waals surface area contributed by atoms with Crippen molar-refractivity contribution in [2.24, 2.45) is 0 Å². The second-order valence-electron chi connectivity index (χ2n) is 5.75. The van der Waals surface area contributed by atoms with E-state index in [2.05, 4.69) is 36.2 Å². The van der Waals surface area contributed by atoms with Gasteiger partial charge in [0.15, 0.2) is 0 Å². The molecular formula is C17H25N3O. The van der Waals surface area contributed by atoms with Gasteiger partial charge in [0.2, 0.25) is 0 Å². The number of nitrogens with zero attached hydrogens (tertiary/aromatic N) is 2. The third-order valence-corrected chi connectivity index (χ3v) is 3.96. The number of nitriles is 1. The second-order valence-corrected chi connectivity index (χ2v) is 5.75. The van der Waals surface area contributed by atoms with Gasteiger partial charge in [-0.2, -0.15) is 5.26 Å². The molecule has 1 saturated carbocycles. The molecular weight excluding hydrogens is 262 g/mol. The van der Waals surface area contributed by atoms with Crippen molar-refractivity contribution in [3.63, 3.8) is 0 Å². The lowest BCUT2D eigenvalue weighted by molar-refractivity contribution is 0.452. The van der Waals surface area contributed by atoms with Gasteiger partial charge in [0.05, 0.1) is 12.5 Å². The summed E-state index contributed by atoms with van der Waals surface area (Å²) in [6.07, 6.45) is 3.96. The van der Waals surface area contributed by atoms with Crippen LogP contribution in [0.3, 0.4) is 0 Å². The Hall–Kier alpha value is -1.73. The van der Waals surface area contributed by atoms with Crippen molar-refractivity contribution in [1.82, 2.24) is 5.32 Å². The largest absolute Gasteiger partial charge is 0.508 e. The van der Waals surface area contributed by atoms with E-state index in [0.29, 0.717) is 18.2 Å². The molecule has 0 radical (unpaired) electrons. The molecule has 21 heavy (non-hydrogen) atoms. The van der Waals surface area contributed by atoms with E-state index in [4.69, 9.17) is 5.26 Å². The van der Waals surface area contributed by atoms with Crippen LogP contribution in [-0.2, 0) is 0 Å². The molecule has 1 unspecified atom stereocenters. The van der Waals surface area contributed by atoms with Crippen LogP contribution in [0.4, 0.5) is 5.69 Å². The van der Waals surface area contributed by atoms with E-state index in [1.54, 1.807) is 0 Å². The van der Waals surface area contributed by atoms with Crippen LogP contribution >= 0.6 is 0 Å². The van der Waals surface area contributed by atoms with E-state index < -0.39 is 0 Å². The molecule has 2 rings (SSSR count). The fourth-order valence-electron chi connectivity index (χ4n) is 2.63. The van der Waals surface area contributed by atoms with Crippen LogP contribution in [0.1, 0.15) is 51.1 Å². The van der Waals surface area contributed by atoms with Gasteiger partial charge in [0, 0.05) is 35.9 Å². The van der Waals surface area contributed by atoms with Gasteiger partial charge in [-0.15, -0.1) is 0 Å². The summed E-state index contributed by atoms with van der Waals surface area (Å²) >= 11 is 0. The number of anilines is 1. The Bertz CT molecular complexity index is 505. The molecule has 1 atom stereocenters. The molecule has 0 spiro atoms. The Balaban J connectivity index is 2.11. The Kier molecular flexibility index (Phi) is 5.46. The van der Waals surface area contributed by atoms with E-state index in [9.17, 15) is 5.11 Å². The summed E-state index contributed by atoms with van der Waals surface area (Å²) in [5.74, 6) is 0.339. The third-order valence-electron chi connectivity index (χ3n) is 3.96. The molecule has 1 aliphatic rings. The van der Waals surface area contributed by atoms with E-state index in [-0.39, 0.29) is 6.04 Å². The number of benzene rings is 1. The summed E-state index contributed by atoms with van der Waals surface area (Å²) in [5.41, 5.74) is 1.96. The highest BCUT2D eigenvalue weighted by atomic mass is 16.3. The van der Waals surface area contributed by atoms with Crippen LogP contribution in [0.2, 0.25) is 0 Å². The van der Waals surface area contributed by atoms with Gasteiger partial charge in [-0.1, -0.05) is 13.0 Å². The highest BCUT2D eigenvalue weighted by Crippen LogP contribution is 2.35. The van der Waals surface area contributed by atoms with Gasteiger partial charge in [0.25, 0.3) is 0 Å². The molecule has 1 fully saturated rings. The maximum atomic E-state index is 10.3. The number of phenolic OH excluding ortho intramolecular Hbond substituents is 1. The van der Waals surface area contributed by atoms with Gasteiger partial charge in [-0.05, 0) is 38.8 Å². The van der Waals surface area contributed by atoms with E-state index in [0.717, 1.165) is 30.8 Å². The van der Waals surface area contributed by atoms with Gasteiger partial charge < -0.3 is 15.3 Å². The fourth-order valence-corrected chi connectivity index (χ4v) is 2.63. The predicted molar refractivity (Wildman–Crippen MR) is 85.4 cm³/mol. The summed E-state index contributed by atoms with van der Waals surface area (Å²) in [7, 11) is 0. The standard InChI is InChI=1S/C17H25N3O/c1-3-10-19-13(2)16-8-7-15(12-17(16)21)20(11-4-9-18)14-5-6-14/h7-8,12-14,19,21H,3-6,10-11H2,1-2H3. The first kappa shape index (κ1) is 15.7. The van der Waals surface area contributed by atoms with Crippen molar-refractivity contribution in [3.8, 4) is 11.8 Å². The Labute approximate surface area is 127 Å². The monoisotopic (exact) mass is 287 g/mol. The Morgan fingerprint density at radius 2 is 2.24 bits per heavy atom. The van der Waals surface area contributed by atoms with Gasteiger partial charge in [-0.3, -0.25) is 0 Å². The van der Waals surface area contributed by atoms with Crippen LogP contribution in [0.5, 0.6) is 5.75 Å². The second kappa shape index (κ2) is 7.33. The summed E-state index contributed by atoms with van der Waals surface area (Å²) in [4.78, 5) is 2.25. The van der Waals surface area contributed by atoms with Gasteiger partial charge >= 0.3 is 0 Å². The molecule has 0 heterocycles. The minimum absolute atomic E-state index is 0.146. The molecule has 114 valence electrons. The number of nitrogens with one attached hydrogen (secondary N) is 1. The van der Waals surface area contributed by atoms with E-state index in [1.807, 2.05) is 12.1 Å². The number of rotatable bonds is 8. The molecule has 0 saturated heterocycles. The number of aromatic hydroxyl groups is 1. The van der Waals surface area contributed by atoms with E-state index >= 15 is 0 Å². The lowest BCUT2D eigenvalue weighted by Crippen LogP contribution is -2.26. The first-order valence-corrected chi connectivity index (χ1v) is 7.87. The smallest absolute Gasteiger partial charge is 0.122 e. The fraction of sp³-hybridized carbons (Fsp3) is 0.588. The molecule has 1 aromatic rings. The molecule has 0 aliphatic heterocycles. The quantitative estimate of drug-likeness (QED) is 0.770. The number of hydrogen-bond acceptors (Lipinski definition) is 4. The lowest BCUT2D eigenvalue weighted by Gasteiger charge is -2.25. The average Bonchev–Trinajstić information content (AvgIpc) is 3.30. The highest BCUT2D eigenvalue weighted by molar-refractivity contribution is 5.55. The van der Waals surface area contributed by atoms with Crippen molar-refractivity contribution < 1.29 is 5.11 Å². The van der Waals surface area contributed by atoms with Crippen molar-refractivity contribution in [2.45, 2.75) is 51.6 Å². The van der Waals surface area contributed by atoms with Gasteiger partial charge in [-0.25, -0.2) is 0 Å². The Morgan fingerprint density at radius 3 is 2.81 bits per heavy atom. The minimum atomic E-state index is 0.146. The SMILES string of the molecule is CCCNC(C)c1ccc(N(CCC#N)C2CC2)cc1O. The lowest BCUT2D eigenvalue weighted by atomic mass is 10.1. The summed E-state index contributed by atoms with van der Waals surface area (Å²) in [6.45, 7) is 5.88. The Morgan fingerprint density at radius 1 is 1.48 bits per heavy atom. The van der Waals surface area contributed by atoms with Gasteiger partial charge in [0.1, 0.15) is 5.75 Å². The zero-order valence-corrected chi connectivity index (χ0v) is 13.0. The van der Waals surface area contributed by atoms with Crippen LogP contribution < -0.4 is 10.2 Å². The minimum Gasteiger partial charge on any atom is -0.508 e.